The van der Waals surface area contributed by atoms with Gasteiger partial charge in [0.1, 0.15) is 17.3 Å². The minimum atomic E-state index is -1.08. The van der Waals surface area contributed by atoms with Crippen molar-refractivity contribution in [3.8, 4) is 5.75 Å². The van der Waals surface area contributed by atoms with E-state index in [-0.39, 0.29) is 11.4 Å². The Balaban J connectivity index is 1.29. The van der Waals surface area contributed by atoms with Crippen molar-refractivity contribution in [2.75, 3.05) is 44.7 Å². The third-order valence-corrected chi connectivity index (χ3v) is 8.54. The van der Waals surface area contributed by atoms with Gasteiger partial charge >= 0.3 is 5.97 Å². The number of benzene rings is 1. The van der Waals surface area contributed by atoms with E-state index in [1.165, 1.54) is 17.6 Å². The molecule has 2 unspecified atom stereocenters. The molecule has 4 aliphatic rings. The molecule has 5 rings (SSSR count). The van der Waals surface area contributed by atoms with Gasteiger partial charge in [-0.15, -0.1) is 0 Å². The van der Waals surface area contributed by atoms with Gasteiger partial charge in [-0.2, -0.15) is 0 Å². The van der Waals surface area contributed by atoms with Crippen molar-refractivity contribution >= 4 is 11.7 Å². The maximum atomic E-state index is 13.0. The van der Waals surface area contributed by atoms with Gasteiger partial charge in [0, 0.05) is 32.7 Å². The number of para-hydroxylation sites is 2. The molecule has 0 amide bonds. The van der Waals surface area contributed by atoms with Crippen LogP contribution in [0.25, 0.3) is 0 Å². The summed E-state index contributed by atoms with van der Waals surface area (Å²) in [7, 11) is 1.70. The molecule has 0 aromatic heterocycles. The molecule has 1 aromatic carbocycles. The van der Waals surface area contributed by atoms with Gasteiger partial charge in [0.05, 0.1) is 12.8 Å². The highest BCUT2D eigenvalue weighted by Crippen LogP contribution is 2.57. The average Bonchev–Trinajstić information content (AvgIpc) is 3.04. The van der Waals surface area contributed by atoms with E-state index in [1.807, 2.05) is 18.2 Å². The van der Waals surface area contributed by atoms with Crippen molar-refractivity contribution in [1.82, 2.24) is 4.90 Å². The van der Waals surface area contributed by atoms with E-state index in [9.17, 15) is 9.90 Å². The second-order valence-corrected chi connectivity index (χ2v) is 10.4. The third-order valence-electron chi connectivity index (χ3n) is 8.54. The van der Waals surface area contributed by atoms with Gasteiger partial charge in [-0.25, -0.2) is 0 Å². The van der Waals surface area contributed by atoms with Gasteiger partial charge in [0.2, 0.25) is 0 Å². The molecule has 2 aliphatic heterocycles. The Bertz CT molecular complexity index is 922. The fraction of sp³-hybridized carbons (Fsp3) is 0.654. The Kier molecular flexibility index (Phi) is 5.49. The molecular formula is C26H36N2O4. The number of hydrogen-bond donors (Lipinski definition) is 1. The number of anilines is 1. The van der Waals surface area contributed by atoms with E-state index in [1.54, 1.807) is 7.11 Å². The van der Waals surface area contributed by atoms with Gasteiger partial charge in [-0.05, 0) is 62.1 Å². The first kappa shape index (κ1) is 21.8. The van der Waals surface area contributed by atoms with Gasteiger partial charge in [0.15, 0.2) is 6.10 Å². The van der Waals surface area contributed by atoms with Crippen LogP contribution < -0.4 is 9.64 Å². The van der Waals surface area contributed by atoms with Crippen molar-refractivity contribution in [1.29, 1.82) is 0 Å². The molecule has 2 aliphatic carbocycles. The predicted molar refractivity (Wildman–Crippen MR) is 124 cm³/mol. The summed E-state index contributed by atoms with van der Waals surface area (Å²) in [4.78, 5) is 17.7. The summed E-state index contributed by atoms with van der Waals surface area (Å²) in [6, 6.07) is 8.10. The molecule has 1 saturated carbocycles. The van der Waals surface area contributed by atoms with E-state index in [0.29, 0.717) is 13.0 Å². The van der Waals surface area contributed by atoms with Crippen molar-refractivity contribution in [2.24, 2.45) is 11.3 Å². The summed E-state index contributed by atoms with van der Waals surface area (Å²) in [5.74, 6) is 0.190. The topological polar surface area (TPSA) is 62.2 Å². The van der Waals surface area contributed by atoms with Crippen LogP contribution in [0.4, 0.5) is 5.69 Å². The Morgan fingerprint density at radius 1 is 1.16 bits per heavy atom. The van der Waals surface area contributed by atoms with E-state index in [0.717, 1.165) is 56.9 Å². The second-order valence-electron chi connectivity index (χ2n) is 10.4. The summed E-state index contributed by atoms with van der Waals surface area (Å²) in [5, 5.41) is 11.8. The number of fused-ring (bicyclic) bond motifs is 3. The molecular weight excluding hydrogens is 404 g/mol. The lowest BCUT2D eigenvalue weighted by Crippen LogP contribution is -2.56. The minimum Gasteiger partial charge on any atom is -0.495 e. The molecule has 1 aromatic rings. The molecule has 6 nitrogen and oxygen atoms in total. The van der Waals surface area contributed by atoms with Crippen molar-refractivity contribution < 1.29 is 19.4 Å². The summed E-state index contributed by atoms with van der Waals surface area (Å²) in [6.07, 6.45) is 4.47. The lowest BCUT2D eigenvalue weighted by atomic mass is 9.58. The zero-order valence-corrected chi connectivity index (χ0v) is 19.6. The molecule has 4 atom stereocenters. The smallest absolute Gasteiger partial charge is 0.314 e. The summed E-state index contributed by atoms with van der Waals surface area (Å²) >= 11 is 0. The number of nitrogens with zero attached hydrogens (tertiary/aromatic N) is 2. The van der Waals surface area contributed by atoms with Crippen molar-refractivity contribution in [3.05, 3.63) is 35.4 Å². The lowest BCUT2D eigenvalue weighted by Gasteiger charge is -2.50. The fourth-order valence-electron chi connectivity index (χ4n) is 6.66. The highest BCUT2D eigenvalue weighted by atomic mass is 16.6. The van der Waals surface area contributed by atoms with Crippen LogP contribution in [0.2, 0.25) is 0 Å². The molecule has 32 heavy (non-hydrogen) atoms. The predicted octanol–water partition coefficient (Wildman–Crippen LogP) is 3.39. The molecule has 2 heterocycles. The molecule has 0 bridgehead atoms. The minimum absolute atomic E-state index is 0.0643. The zero-order chi connectivity index (χ0) is 22.5. The highest BCUT2D eigenvalue weighted by Gasteiger charge is 2.63. The molecule has 6 heteroatoms. The number of allylic oxidation sites excluding steroid dienone is 1. The second kappa shape index (κ2) is 8.07. The lowest BCUT2D eigenvalue weighted by molar-refractivity contribution is -0.144. The molecule has 0 spiro atoms. The van der Waals surface area contributed by atoms with Crippen molar-refractivity contribution in [3.63, 3.8) is 0 Å². The van der Waals surface area contributed by atoms with Crippen LogP contribution in [0.15, 0.2) is 35.4 Å². The fourth-order valence-corrected chi connectivity index (χ4v) is 6.66. The number of esters is 1. The summed E-state index contributed by atoms with van der Waals surface area (Å²) in [6.45, 7) is 8.46. The average molecular weight is 441 g/mol. The van der Waals surface area contributed by atoms with Crippen LogP contribution >= 0.6 is 0 Å². The number of piperazine rings is 1. The van der Waals surface area contributed by atoms with Crippen LogP contribution in [-0.2, 0) is 9.53 Å². The number of hydrogen-bond acceptors (Lipinski definition) is 6. The molecule has 0 radical (unpaired) electrons. The van der Waals surface area contributed by atoms with Gasteiger partial charge in [0.25, 0.3) is 0 Å². The first-order valence-electron chi connectivity index (χ1n) is 12.1. The Labute approximate surface area is 191 Å². The Hall–Kier alpha value is -2.05. The number of methoxy groups -OCH3 is 1. The van der Waals surface area contributed by atoms with Crippen LogP contribution in [0.5, 0.6) is 5.75 Å². The zero-order valence-electron chi connectivity index (χ0n) is 19.6. The van der Waals surface area contributed by atoms with E-state index in [4.69, 9.17) is 9.47 Å². The quantitative estimate of drug-likeness (QED) is 0.572. The molecule has 174 valence electrons. The normalized spacial score (nSPS) is 35.4. The summed E-state index contributed by atoms with van der Waals surface area (Å²) < 4.78 is 11.5. The maximum absolute atomic E-state index is 13.0. The number of rotatable bonds is 4. The van der Waals surface area contributed by atoms with Crippen LogP contribution in [0, 0.1) is 11.3 Å². The molecule has 3 fully saturated rings. The van der Waals surface area contributed by atoms with Gasteiger partial charge < -0.3 is 19.5 Å². The summed E-state index contributed by atoms with van der Waals surface area (Å²) in [5.41, 5.74) is 2.63. The Morgan fingerprint density at radius 3 is 2.66 bits per heavy atom. The highest BCUT2D eigenvalue weighted by molar-refractivity contribution is 5.78. The third kappa shape index (κ3) is 3.43. The van der Waals surface area contributed by atoms with Crippen LogP contribution in [0.1, 0.15) is 46.0 Å². The largest absolute Gasteiger partial charge is 0.495 e. The van der Waals surface area contributed by atoms with E-state index >= 15 is 0 Å². The molecule has 2 saturated heterocycles. The number of carbonyl (C=O) groups is 1. The maximum Gasteiger partial charge on any atom is 0.314 e. The van der Waals surface area contributed by atoms with Gasteiger partial charge in [-0.3, -0.25) is 9.69 Å². The molecule has 1 N–H and O–H groups in total. The Morgan fingerprint density at radius 2 is 1.91 bits per heavy atom. The number of ether oxygens (including phenoxy) is 2. The van der Waals surface area contributed by atoms with Crippen molar-refractivity contribution in [2.45, 2.75) is 57.7 Å². The SMILES string of the molecule is COc1ccccc1N1CCN(CC2C(=O)O[C@H]3C4=C(C)CCC[C@]4(C)CCC23O)CC1. The van der Waals surface area contributed by atoms with Crippen LogP contribution in [0.3, 0.4) is 0 Å². The van der Waals surface area contributed by atoms with Gasteiger partial charge in [-0.1, -0.05) is 24.6 Å². The standard InChI is InChI=1S/C26H36N2O4/c1-18-7-6-10-25(2)11-12-26(30)19(24(29)32-23(26)22(18)25)17-27-13-15-28(16-14-27)20-8-4-5-9-21(20)31-3/h4-5,8-9,19,23,30H,6-7,10-17H2,1-3H3/t19?,23-,25+,26?/m0/s1. The first-order chi connectivity index (χ1) is 15.4. The van der Waals surface area contributed by atoms with E-state index in [2.05, 4.69) is 29.7 Å². The number of aliphatic hydroxyl groups is 1. The number of carbonyl (C=O) groups excluding carboxylic acids is 1. The first-order valence-corrected chi connectivity index (χ1v) is 12.1. The monoisotopic (exact) mass is 440 g/mol. The van der Waals surface area contributed by atoms with Crippen LogP contribution in [-0.4, -0.2) is 67.5 Å². The van der Waals surface area contributed by atoms with E-state index < -0.39 is 17.6 Å².